The summed E-state index contributed by atoms with van der Waals surface area (Å²) < 4.78 is 0. The van der Waals surface area contributed by atoms with E-state index >= 15 is 0 Å². The predicted octanol–water partition coefficient (Wildman–Crippen LogP) is 0.237. The molecule has 17 heavy (non-hydrogen) atoms. The molecule has 0 saturated carbocycles. The van der Waals surface area contributed by atoms with Gasteiger partial charge in [-0.05, 0) is 20.3 Å². The number of aliphatic carboxylic acids is 1. The summed E-state index contributed by atoms with van der Waals surface area (Å²) in [6, 6.07) is -0.0714. The molecule has 1 aliphatic heterocycles. The summed E-state index contributed by atoms with van der Waals surface area (Å²) in [5, 5.41) is 18.5. The number of hydrogen-bond acceptors (Lipinski definition) is 4. The van der Waals surface area contributed by atoms with Crippen molar-refractivity contribution in [2.75, 3.05) is 26.2 Å². The van der Waals surface area contributed by atoms with Gasteiger partial charge in [0.2, 0.25) is 0 Å². The summed E-state index contributed by atoms with van der Waals surface area (Å²) in [4.78, 5) is 15.4. The number of hydrogen-bond donors (Lipinski definition) is 2. The topological polar surface area (TPSA) is 64.0 Å². The van der Waals surface area contributed by atoms with Crippen LogP contribution in [0.15, 0.2) is 0 Å². The standard InChI is InChI=1S/C12H24N2O3/c1-4-11(12(16)17)14-6-5-13(8-10(3)15)9(2)7-14/h9-11,15H,4-8H2,1-3H3,(H,16,17). The Labute approximate surface area is 103 Å². The maximum atomic E-state index is 11.1. The van der Waals surface area contributed by atoms with Crippen LogP contribution in [0, 0.1) is 0 Å². The lowest BCUT2D eigenvalue weighted by molar-refractivity contribution is -0.144. The molecule has 0 bridgehead atoms. The molecule has 0 aromatic carbocycles. The third-order valence-corrected chi connectivity index (χ3v) is 3.41. The third-order valence-electron chi connectivity index (χ3n) is 3.41. The minimum absolute atomic E-state index is 0.298. The Bertz CT molecular complexity index is 258. The van der Waals surface area contributed by atoms with Crippen LogP contribution in [0.4, 0.5) is 0 Å². The van der Waals surface area contributed by atoms with E-state index in [4.69, 9.17) is 5.11 Å². The van der Waals surface area contributed by atoms with Crippen molar-refractivity contribution in [2.45, 2.75) is 45.4 Å². The lowest BCUT2D eigenvalue weighted by Gasteiger charge is -2.42. The van der Waals surface area contributed by atoms with Crippen molar-refractivity contribution < 1.29 is 15.0 Å². The number of carboxylic acids is 1. The van der Waals surface area contributed by atoms with Gasteiger partial charge in [0.1, 0.15) is 6.04 Å². The average Bonchev–Trinajstić information content (AvgIpc) is 2.22. The van der Waals surface area contributed by atoms with Gasteiger partial charge in [0, 0.05) is 32.2 Å². The van der Waals surface area contributed by atoms with Crippen molar-refractivity contribution >= 4 is 5.97 Å². The molecule has 1 saturated heterocycles. The van der Waals surface area contributed by atoms with E-state index < -0.39 is 5.97 Å². The number of nitrogens with zero attached hydrogens (tertiary/aromatic N) is 2. The third kappa shape index (κ3) is 3.94. The van der Waals surface area contributed by atoms with Crippen LogP contribution in [-0.2, 0) is 4.79 Å². The van der Waals surface area contributed by atoms with E-state index in [0.29, 0.717) is 19.0 Å². The molecule has 0 aromatic rings. The molecule has 3 unspecified atom stereocenters. The van der Waals surface area contributed by atoms with Gasteiger partial charge >= 0.3 is 5.97 Å². The van der Waals surface area contributed by atoms with Crippen molar-refractivity contribution in [3.8, 4) is 0 Å². The normalized spacial score (nSPS) is 26.7. The first-order valence-electron chi connectivity index (χ1n) is 6.34. The van der Waals surface area contributed by atoms with Gasteiger partial charge in [-0.3, -0.25) is 14.6 Å². The second-order valence-electron chi connectivity index (χ2n) is 4.95. The number of aliphatic hydroxyl groups excluding tert-OH is 1. The van der Waals surface area contributed by atoms with Crippen LogP contribution in [0.1, 0.15) is 27.2 Å². The molecule has 5 nitrogen and oxygen atoms in total. The highest BCUT2D eigenvalue weighted by Gasteiger charge is 2.31. The quantitative estimate of drug-likeness (QED) is 0.725. The smallest absolute Gasteiger partial charge is 0.320 e. The Balaban J connectivity index is 2.53. The molecule has 3 atom stereocenters. The van der Waals surface area contributed by atoms with E-state index in [9.17, 15) is 9.90 Å². The Morgan fingerprint density at radius 2 is 2.12 bits per heavy atom. The minimum Gasteiger partial charge on any atom is -0.480 e. The van der Waals surface area contributed by atoms with E-state index in [1.807, 2.05) is 11.8 Å². The number of piperazine rings is 1. The van der Waals surface area contributed by atoms with Crippen molar-refractivity contribution in [1.82, 2.24) is 9.80 Å². The van der Waals surface area contributed by atoms with Crippen LogP contribution in [0.3, 0.4) is 0 Å². The number of rotatable bonds is 5. The molecule has 2 N–H and O–H groups in total. The molecule has 0 amide bonds. The fraction of sp³-hybridized carbons (Fsp3) is 0.917. The van der Waals surface area contributed by atoms with Gasteiger partial charge in [0.25, 0.3) is 0 Å². The Kier molecular flexibility index (Phi) is 5.36. The summed E-state index contributed by atoms with van der Waals surface area (Å²) in [7, 11) is 0. The van der Waals surface area contributed by atoms with Crippen molar-refractivity contribution in [1.29, 1.82) is 0 Å². The highest BCUT2D eigenvalue weighted by molar-refractivity contribution is 5.73. The Morgan fingerprint density at radius 1 is 1.47 bits per heavy atom. The second-order valence-corrected chi connectivity index (χ2v) is 4.95. The highest BCUT2D eigenvalue weighted by atomic mass is 16.4. The van der Waals surface area contributed by atoms with Crippen molar-refractivity contribution in [3.05, 3.63) is 0 Å². The van der Waals surface area contributed by atoms with Crippen LogP contribution in [0.5, 0.6) is 0 Å². The van der Waals surface area contributed by atoms with Gasteiger partial charge in [-0.25, -0.2) is 0 Å². The molecule has 100 valence electrons. The fourth-order valence-electron chi connectivity index (χ4n) is 2.51. The summed E-state index contributed by atoms with van der Waals surface area (Å²) in [5.74, 6) is -0.733. The van der Waals surface area contributed by atoms with Gasteiger partial charge in [-0.2, -0.15) is 0 Å². The molecule has 0 spiro atoms. The largest absolute Gasteiger partial charge is 0.480 e. The maximum Gasteiger partial charge on any atom is 0.320 e. The van der Waals surface area contributed by atoms with E-state index in [1.165, 1.54) is 0 Å². The zero-order valence-electron chi connectivity index (χ0n) is 11.0. The lowest BCUT2D eigenvalue weighted by atomic mass is 10.1. The van der Waals surface area contributed by atoms with E-state index in [1.54, 1.807) is 6.92 Å². The predicted molar refractivity (Wildman–Crippen MR) is 66.0 cm³/mol. The molecule has 1 fully saturated rings. The van der Waals surface area contributed by atoms with Crippen molar-refractivity contribution in [3.63, 3.8) is 0 Å². The fourth-order valence-corrected chi connectivity index (χ4v) is 2.51. The van der Waals surface area contributed by atoms with Gasteiger partial charge in [-0.15, -0.1) is 0 Å². The zero-order valence-corrected chi connectivity index (χ0v) is 11.0. The second kappa shape index (κ2) is 6.33. The lowest BCUT2D eigenvalue weighted by Crippen LogP contribution is -2.57. The number of β-amino-alcohol motifs (C(OH)–C–C–N with tert-alkyl or cyclic N) is 1. The minimum atomic E-state index is -0.733. The summed E-state index contributed by atoms with van der Waals surface area (Å²) >= 11 is 0. The molecule has 0 aliphatic carbocycles. The average molecular weight is 244 g/mol. The van der Waals surface area contributed by atoms with E-state index in [-0.39, 0.29) is 12.1 Å². The molecule has 1 aliphatic rings. The molecule has 0 radical (unpaired) electrons. The molecular formula is C12H24N2O3. The highest BCUT2D eigenvalue weighted by Crippen LogP contribution is 2.14. The first-order valence-corrected chi connectivity index (χ1v) is 6.34. The van der Waals surface area contributed by atoms with Crippen LogP contribution in [0.25, 0.3) is 0 Å². The summed E-state index contributed by atoms with van der Waals surface area (Å²) in [6.07, 6.45) is 0.309. The molecule has 1 rings (SSSR count). The van der Waals surface area contributed by atoms with Gasteiger partial charge in [0.15, 0.2) is 0 Å². The van der Waals surface area contributed by atoms with Gasteiger partial charge in [-0.1, -0.05) is 6.92 Å². The van der Waals surface area contributed by atoms with Gasteiger partial charge < -0.3 is 10.2 Å². The van der Waals surface area contributed by atoms with Crippen LogP contribution < -0.4 is 0 Å². The first kappa shape index (κ1) is 14.4. The molecule has 5 heteroatoms. The number of carboxylic acid groups (broad SMARTS) is 1. The SMILES string of the molecule is CCC(C(=O)O)N1CCN(CC(C)O)C(C)C1. The maximum absolute atomic E-state index is 11.1. The number of carbonyl (C=O) groups is 1. The molecule has 1 heterocycles. The summed E-state index contributed by atoms with van der Waals surface area (Å²) in [6.45, 7) is 8.80. The Morgan fingerprint density at radius 3 is 2.53 bits per heavy atom. The van der Waals surface area contributed by atoms with E-state index in [0.717, 1.165) is 19.6 Å². The van der Waals surface area contributed by atoms with Gasteiger partial charge in [0.05, 0.1) is 6.10 Å². The Hall–Kier alpha value is -0.650. The molecule has 0 aromatic heterocycles. The van der Waals surface area contributed by atoms with Crippen LogP contribution in [0.2, 0.25) is 0 Å². The number of aliphatic hydroxyl groups is 1. The van der Waals surface area contributed by atoms with Crippen LogP contribution >= 0.6 is 0 Å². The van der Waals surface area contributed by atoms with Crippen LogP contribution in [-0.4, -0.2) is 70.3 Å². The van der Waals surface area contributed by atoms with Crippen molar-refractivity contribution in [2.24, 2.45) is 0 Å². The summed E-state index contributed by atoms with van der Waals surface area (Å²) in [5.41, 5.74) is 0. The molecular weight excluding hydrogens is 220 g/mol. The zero-order chi connectivity index (χ0) is 13.0. The monoisotopic (exact) mass is 244 g/mol. The van der Waals surface area contributed by atoms with E-state index in [2.05, 4.69) is 11.8 Å². The first-order chi connectivity index (χ1) is 7.95.